The predicted molar refractivity (Wildman–Crippen MR) is 137 cm³/mol. The van der Waals surface area contributed by atoms with Gasteiger partial charge in [0, 0.05) is 33.5 Å². The maximum Gasteiger partial charge on any atom is 0.252 e. The summed E-state index contributed by atoms with van der Waals surface area (Å²) >= 11 is 1.49. The number of H-pyrrole nitrogens is 1. The average molecular weight is 481 g/mol. The van der Waals surface area contributed by atoms with Gasteiger partial charge in [0.05, 0.1) is 22.5 Å². The molecular weight excluding hydrogens is 459 g/mol. The molecule has 5 aromatic rings. The van der Waals surface area contributed by atoms with Crippen molar-refractivity contribution < 1.29 is 9.18 Å². The molecule has 0 aliphatic carbocycles. The summed E-state index contributed by atoms with van der Waals surface area (Å²) in [4.78, 5) is 18.9. The van der Waals surface area contributed by atoms with Crippen LogP contribution >= 0.6 is 11.8 Å². The Morgan fingerprint density at radius 3 is 2.66 bits per heavy atom. The molecule has 3 aromatic carbocycles. The second kappa shape index (κ2) is 10.4. The van der Waals surface area contributed by atoms with Crippen molar-refractivity contribution in [3.63, 3.8) is 0 Å². The monoisotopic (exact) mass is 480 g/mol. The Bertz CT molecular complexity index is 1510. The zero-order chi connectivity index (χ0) is 24.0. The minimum absolute atomic E-state index is 0.124. The normalized spacial score (nSPS) is 11.2. The van der Waals surface area contributed by atoms with E-state index in [1.54, 1.807) is 30.5 Å². The van der Waals surface area contributed by atoms with Gasteiger partial charge in [-0.1, -0.05) is 48.2 Å². The molecule has 35 heavy (non-hydrogen) atoms. The molecule has 2 heterocycles. The van der Waals surface area contributed by atoms with E-state index in [-0.39, 0.29) is 18.3 Å². The van der Waals surface area contributed by atoms with Crippen molar-refractivity contribution in [2.24, 2.45) is 0 Å². The Hall–Kier alpha value is -4.23. The molecule has 0 aliphatic heterocycles. The molecule has 0 spiro atoms. The SMILES string of the molecule is O=C(NCc1ccccc1F)c1ccccc1Sc1ccc2c(/C=C/c3ccccn3)n[nH]c2c1. The second-order valence-electron chi connectivity index (χ2n) is 7.78. The first-order valence-corrected chi connectivity index (χ1v) is 11.8. The van der Waals surface area contributed by atoms with Crippen molar-refractivity contribution >= 4 is 40.7 Å². The van der Waals surface area contributed by atoms with Gasteiger partial charge in [0.2, 0.25) is 0 Å². The summed E-state index contributed by atoms with van der Waals surface area (Å²) in [5.41, 5.74) is 3.58. The summed E-state index contributed by atoms with van der Waals surface area (Å²) < 4.78 is 13.9. The van der Waals surface area contributed by atoms with E-state index in [1.165, 1.54) is 17.8 Å². The van der Waals surface area contributed by atoms with E-state index in [9.17, 15) is 9.18 Å². The summed E-state index contributed by atoms with van der Waals surface area (Å²) in [6, 6.07) is 25.6. The number of nitrogens with one attached hydrogen (secondary N) is 2. The van der Waals surface area contributed by atoms with E-state index < -0.39 is 0 Å². The molecule has 0 saturated carbocycles. The molecule has 0 unspecified atom stereocenters. The van der Waals surface area contributed by atoms with Crippen LogP contribution in [0.5, 0.6) is 0 Å². The third-order valence-electron chi connectivity index (χ3n) is 5.42. The zero-order valence-corrected chi connectivity index (χ0v) is 19.4. The number of carbonyl (C=O) groups is 1. The molecule has 0 radical (unpaired) electrons. The Balaban J connectivity index is 1.32. The molecule has 172 valence electrons. The summed E-state index contributed by atoms with van der Waals surface area (Å²) in [5, 5.41) is 11.3. The van der Waals surface area contributed by atoms with Crippen LogP contribution in [0.15, 0.2) is 101 Å². The largest absolute Gasteiger partial charge is 0.348 e. The van der Waals surface area contributed by atoms with Crippen LogP contribution in [-0.4, -0.2) is 21.1 Å². The highest BCUT2D eigenvalue weighted by Crippen LogP contribution is 2.33. The summed E-state index contributed by atoms with van der Waals surface area (Å²) in [6.45, 7) is 0.124. The lowest BCUT2D eigenvalue weighted by Gasteiger charge is -2.10. The van der Waals surface area contributed by atoms with Crippen LogP contribution in [0.25, 0.3) is 23.1 Å². The van der Waals surface area contributed by atoms with Crippen LogP contribution in [0.4, 0.5) is 4.39 Å². The minimum Gasteiger partial charge on any atom is -0.348 e. The number of fused-ring (bicyclic) bond motifs is 1. The average Bonchev–Trinajstić information content (AvgIpc) is 3.30. The van der Waals surface area contributed by atoms with E-state index in [0.29, 0.717) is 11.1 Å². The maximum atomic E-state index is 13.9. The van der Waals surface area contributed by atoms with Crippen molar-refractivity contribution in [1.29, 1.82) is 0 Å². The first-order valence-electron chi connectivity index (χ1n) is 11.0. The minimum atomic E-state index is -0.336. The number of hydrogen-bond donors (Lipinski definition) is 2. The summed E-state index contributed by atoms with van der Waals surface area (Å²) in [6.07, 6.45) is 5.61. The smallest absolute Gasteiger partial charge is 0.252 e. The zero-order valence-electron chi connectivity index (χ0n) is 18.6. The van der Waals surface area contributed by atoms with Gasteiger partial charge in [-0.2, -0.15) is 5.10 Å². The van der Waals surface area contributed by atoms with Crippen molar-refractivity contribution in [2.75, 3.05) is 0 Å². The third-order valence-corrected chi connectivity index (χ3v) is 6.49. The fraction of sp³-hybridized carbons (Fsp3) is 0.0357. The molecule has 5 nitrogen and oxygen atoms in total. The number of pyridine rings is 1. The van der Waals surface area contributed by atoms with Crippen molar-refractivity contribution in [3.8, 4) is 0 Å². The molecule has 7 heteroatoms. The lowest BCUT2D eigenvalue weighted by Crippen LogP contribution is -2.23. The topological polar surface area (TPSA) is 70.7 Å². The number of benzene rings is 3. The van der Waals surface area contributed by atoms with Gasteiger partial charge in [0.25, 0.3) is 5.91 Å². The van der Waals surface area contributed by atoms with E-state index in [1.807, 2.05) is 66.7 Å². The number of aromatic nitrogens is 3. The van der Waals surface area contributed by atoms with E-state index in [0.717, 1.165) is 32.1 Å². The van der Waals surface area contributed by atoms with Gasteiger partial charge in [-0.15, -0.1) is 0 Å². The number of aromatic amines is 1. The molecule has 0 saturated heterocycles. The molecule has 2 N–H and O–H groups in total. The number of hydrogen-bond acceptors (Lipinski definition) is 4. The number of rotatable bonds is 7. The molecule has 2 aromatic heterocycles. The lowest BCUT2D eigenvalue weighted by atomic mass is 10.2. The van der Waals surface area contributed by atoms with Crippen LogP contribution in [0.1, 0.15) is 27.3 Å². The lowest BCUT2D eigenvalue weighted by molar-refractivity contribution is 0.0947. The Labute approximate surface area is 206 Å². The van der Waals surface area contributed by atoms with E-state index in [4.69, 9.17) is 0 Å². The van der Waals surface area contributed by atoms with Gasteiger partial charge >= 0.3 is 0 Å². The number of amides is 1. The molecule has 1 amide bonds. The van der Waals surface area contributed by atoms with Gasteiger partial charge in [0.15, 0.2) is 0 Å². The number of halogens is 1. The third kappa shape index (κ3) is 5.31. The van der Waals surface area contributed by atoms with Crippen molar-refractivity contribution in [2.45, 2.75) is 16.3 Å². The fourth-order valence-electron chi connectivity index (χ4n) is 3.63. The molecule has 0 fully saturated rings. The van der Waals surface area contributed by atoms with Gasteiger partial charge in [-0.05, 0) is 60.7 Å². The highest BCUT2D eigenvalue weighted by Gasteiger charge is 2.13. The van der Waals surface area contributed by atoms with E-state index >= 15 is 0 Å². The van der Waals surface area contributed by atoms with Crippen molar-refractivity contribution in [1.82, 2.24) is 20.5 Å². The molecule has 0 atom stereocenters. The first kappa shape index (κ1) is 22.6. The quantitative estimate of drug-likeness (QED) is 0.285. The predicted octanol–water partition coefficient (Wildman–Crippen LogP) is 6.35. The van der Waals surface area contributed by atoms with Gasteiger partial charge in [0.1, 0.15) is 5.82 Å². The number of nitrogens with zero attached hydrogens (tertiary/aromatic N) is 2. The van der Waals surface area contributed by atoms with Crippen LogP contribution in [0, 0.1) is 5.82 Å². The molecule has 5 rings (SSSR count). The highest BCUT2D eigenvalue weighted by molar-refractivity contribution is 7.99. The standard InChI is InChI=1S/C28H21FN4OS/c29-24-10-3-1-7-19(24)18-31-28(34)23-9-2-4-11-27(23)35-21-13-14-22-25(32-33-26(22)17-21)15-12-20-8-5-6-16-30-20/h1-17H,18H2,(H,31,34)(H,32,33)/b15-12+. The Kier molecular flexibility index (Phi) is 6.68. The first-order chi connectivity index (χ1) is 17.2. The molecule has 0 bridgehead atoms. The van der Waals surface area contributed by atoms with Crippen LogP contribution in [0.2, 0.25) is 0 Å². The van der Waals surface area contributed by atoms with Crippen molar-refractivity contribution in [3.05, 3.63) is 119 Å². The molecular formula is C28H21FN4OS. The summed E-state index contributed by atoms with van der Waals surface area (Å²) in [5.74, 6) is -0.585. The molecule has 0 aliphatic rings. The van der Waals surface area contributed by atoms with Gasteiger partial charge < -0.3 is 5.32 Å². The maximum absolute atomic E-state index is 13.9. The summed E-state index contributed by atoms with van der Waals surface area (Å²) in [7, 11) is 0. The number of carbonyl (C=O) groups excluding carboxylic acids is 1. The van der Waals surface area contributed by atoms with Crippen LogP contribution < -0.4 is 5.32 Å². The Morgan fingerprint density at radius 1 is 0.971 bits per heavy atom. The van der Waals surface area contributed by atoms with Gasteiger partial charge in [-0.3, -0.25) is 14.9 Å². The van der Waals surface area contributed by atoms with Crippen LogP contribution in [-0.2, 0) is 6.54 Å². The van der Waals surface area contributed by atoms with Crippen LogP contribution in [0.3, 0.4) is 0 Å². The highest BCUT2D eigenvalue weighted by atomic mass is 32.2. The van der Waals surface area contributed by atoms with E-state index in [2.05, 4.69) is 20.5 Å². The fourth-order valence-corrected chi connectivity index (χ4v) is 4.62. The van der Waals surface area contributed by atoms with Gasteiger partial charge in [-0.25, -0.2) is 4.39 Å². The second-order valence-corrected chi connectivity index (χ2v) is 8.89. The Morgan fingerprint density at radius 2 is 1.80 bits per heavy atom.